The van der Waals surface area contributed by atoms with Crippen molar-refractivity contribution in [3.05, 3.63) is 29.8 Å². The van der Waals surface area contributed by atoms with E-state index in [4.69, 9.17) is 10.00 Å². The molecule has 1 aromatic rings. The second-order valence-electron chi connectivity index (χ2n) is 5.88. The molecule has 1 heterocycles. The normalized spacial score (nSPS) is 24.2. The van der Waals surface area contributed by atoms with Crippen LogP contribution in [0.15, 0.2) is 24.3 Å². The van der Waals surface area contributed by atoms with Crippen LogP contribution in [0.3, 0.4) is 0 Å². The molecule has 0 radical (unpaired) electrons. The third-order valence-electron chi connectivity index (χ3n) is 4.67. The van der Waals surface area contributed by atoms with Crippen LogP contribution < -0.4 is 4.74 Å². The number of hydrogen-bond acceptors (Lipinski definition) is 3. The Morgan fingerprint density at radius 1 is 1.29 bits per heavy atom. The lowest BCUT2D eigenvalue weighted by Crippen LogP contribution is -2.48. The van der Waals surface area contributed by atoms with E-state index in [1.807, 2.05) is 11.0 Å². The van der Waals surface area contributed by atoms with Crippen LogP contribution in [-0.2, 0) is 4.79 Å². The quantitative estimate of drug-likeness (QED) is 0.857. The van der Waals surface area contributed by atoms with Gasteiger partial charge in [-0.15, -0.1) is 0 Å². The van der Waals surface area contributed by atoms with Crippen molar-refractivity contribution in [2.24, 2.45) is 5.92 Å². The fourth-order valence-electron chi connectivity index (χ4n) is 3.67. The van der Waals surface area contributed by atoms with Crippen molar-refractivity contribution in [3.8, 4) is 11.8 Å². The summed E-state index contributed by atoms with van der Waals surface area (Å²) < 4.78 is 5.58. The van der Waals surface area contributed by atoms with Gasteiger partial charge in [-0.05, 0) is 43.7 Å². The smallest absolute Gasteiger partial charge is 0.260 e. The minimum atomic E-state index is 0.0297. The molecular formula is C17H20N2O2. The molecule has 0 spiro atoms. The van der Waals surface area contributed by atoms with Crippen LogP contribution in [0.25, 0.3) is 0 Å². The third kappa shape index (κ3) is 2.87. The fraction of sp³-hybridized carbons (Fsp3) is 0.529. The highest BCUT2D eigenvalue weighted by atomic mass is 16.5. The van der Waals surface area contributed by atoms with E-state index < -0.39 is 0 Å². The molecule has 1 saturated heterocycles. The van der Waals surface area contributed by atoms with Gasteiger partial charge in [0.1, 0.15) is 11.8 Å². The Labute approximate surface area is 125 Å². The fourth-order valence-corrected chi connectivity index (χ4v) is 3.67. The predicted molar refractivity (Wildman–Crippen MR) is 78.7 cm³/mol. The van der Waals surface area contributed by atoms with Crippen molar-refractivity contribution in [1.82, 2.24) is 4.90 Å². The van der Waals surface area contributed by atoms with E-state index in [-0.39, 0.29) is 12.5 Å². The minimum absolute atomic E-state index is 0.0297. The Bertz CT molecular complexity index is 564. The molecule has 110 valence electrons. The predicted octanol–water partition coefficient (Wildman–Crippen LogP) is 2.73. The van der Waals surface area contributed by atoms with Crippen LogP contribution in [-0.4, -0.2) is 30.0 Å². The number of fused-ring (bicyclic) bond motifs is 1. The van der Waals surface area contributed by atoms with Gasteiger partial charge in [0.25, 0.3) is 5.91 Å². The van der Waals surface area contributed by atoms with Crippen LogP contribution >= 0.6 is 0 Å². The van der Waals surface area contributed by atoms with Crippen molar-refractivity contribution < 1.29 is 9.53 Å². The van der Waals surface area contributed by atoms with E-state index in [1.54, 1.807) is 18.2 Å². The molecule has 0 aromatic heterocycles. The Balaban J connectivity index is 1.62. The van der Waals surface area contributed by atoms with Gasteiger partial charge in [-0.25, -0.2) is 0 Å². The summed E-state index contributed by atoms with van der Waals surface area (Å²) in [4.78, 5) is 14.4. The second-order valence-corrected chi connectivity index (χ2v) is 5.88. The molecule has 0 N–H and O–H groups in total. The number of piperidine rings is 1. The molecule has 1 aliphatic heterocycles. The number of nitriles is 1. The zero-order chi connectivity index (χ0) is 14.7. The third-order valence-corrected chi connectivity index (χ3v) is 4.67. The van der Waals surface area contributed by atoms with E-state index in [0.29, 0.717) is 23.3 Å². The summed E-state index contributed by atoms with van der Waals surface area (Å²) in [5.41, 5.74) is 0.475. The molecule has 2 unspecified atom stereocenters. The first-order chi connectivity index (χ1) is 10.3. The molecule has 1 saturated carbocycles. The average molecular weight is 284 g/mol. The summed E-state index contributed by atoms with van der Waals surface area (Å²) in [6.45, 7) is 0.880. The molecule has 4 heteroatoms. The van der Waals surface area contributed by atoms with Crippen LogP contribution in [0, 0.1) is 17.2 Å². The summed E-state index contributed by atoms with van der Waals surface area (Å²) in [5, 5.41) is 9.03. The molecule has 1 aliphatic carbocycles. The first-order valence-corrected chi connectivity index (χ1v) is 7.71. The Kier molecular flexibility index (Phi) is 4.10. The van der Waals surface area contributed by atoms with Crippen molar-refractivity contribution >= 4 is 5.91 Å². The van der Waals surface area contributed by atoms with Crippen molar-refractivity contribution in [2.75, 3.05) is 13.2 Å². The van der Waals surface area contributed by atoms with Crippen molar-refractivity contribution in [3.63, 3.8) is 0 Å². The van der Waals surface area contributed by atoms with E-state index >= 15 is 0 Å². The Hall–Kier alpha value is -2.02. The van der Waals surface area contributed by atoms with Gasteiger partial charge in [0, 0.05) is 12.6 Å². The van der Waals surface area contributed by atoms with Gasteiger partial charge in [0.15, 0.2) is 6.61 Å². The summed E-state index contributed by atoms with van der Waals surface area (Å²) in [6.07, 6.45) is 5.98. The number of amides is 1. The zero-order valence-electron chi connectivity index (χ0n) is 12.1. The Morgan fingerprint density at radius 3 is 2.95 bits per heavy atom. The summed E-state index contributed by atoms with van der Waals surface area (Å²) >= 11 is 0. The average Bonchev–Trinajstić information content (AvgIpc) is 3.01. The number of likely N-dealkylation sites (tertiary alicyclic amines) is 1. The SMILES string of the molecule is N#Cc1ccccc1OCC(=O)N1CCCC2CCCC21. The van der Waals surface area contributed by atoms with Crippen LogP contribution in [0.1, 0.15) is 37.7 Å². The van der Waals surface area contributed by atoms with Gasteiger partial charge in [0.2, 0.25) is 0 Å². The van der Waals surface area contributed by atoms with Gasteiger partial charge in [0.05, 0.1) is 5.56 Å². The summed E-state index contributed by atoms with van der Waals surface area (Å²) in [5.74, 6) is 1.24. The summed E-state index contributed by atoms with van der Waals surface area (Å²) in [6, 6.07) is 9.55. The highest BCUT2D eigenvalue weighted by Crippen LogP contribution is 2.36. The second kappa shape index (κ2) is 6.17. The van der Waals surface area contributed by atoms with E-state index in [2.05, 4.69) is 6.07 Å². The number of carbonyl (C=O) groups is 1. The maximum absolute atomic E-state index is 12.4. The highest BCUT2D eigenvalue weighted by molar-refractivity contribution is 5.78. The number of benzene rings is 1. The maximum atomic E-state index is 12.4. The van der Waals surface area contributed by atoms with Crippen LogP contribution in [0.5, 0.6) is 5.75 Å². The number of rotatable bonds is 3. The molecule has 3 rings (SSSR count). The molecule has 1 aromatic carbocycles. The van der Waals surface area contributed by atoms with Gasteiger partial charge < -0.3 is 9.64 Å². The molecular weight excluding hydrogens is 264 g/mol. The van der Waals surface area contributed by atoms with E-state index in [9.17, 15) is 4.79 Å². The largest absolute Gasteiger partial charge is 0.482 e. The lowest BCUT2D eigenvalue weighted by Gasteiger charge is -2.37. The topological polar surface area (TPSA) is 53.3 Å². The number of para-hydroxylation sites is 1. The van der Waals surface area contributed by atoms with Crippen molar-refractivity contribution in [1.29, 1.82) is 5.26 Å². The standard InChI is InChI=1S/C17H20N2O2/c18-11-14-5-1-2-9-16(14)21-12-17(20)19-10-4-7-13-6-3-8-15(13)19/h1-2,5,9,13,15H,3-4,6-8,10,12H2. The van der Waals surface area contributed by atoms with E-state index in [0.717, 1.165) is 19.4 Å². The number of hydrogen-bond donors (Lipinski definition) is 0. The van der Waals surface area contributed by atoms with Gasteiger partial charge >= 0.3 is 0 Å². The maximum Gasteiger partial charge on any atom is 0.260 e. The van der Waals surface area contributed by atoms with Crippen molar-refractivity contribution in [2.45, 2.75) is 38.1 Å². The molecule has 2 atom stereocenters. The van der Waals surface area contributed by atoms with Gasteiger partial charge in [-0.3, -0.25) is 4.79 Å². The minimum Gasteiger partial charge on any atom is -0.482 e. The number of ether oxygens (including phenoxy) is 1. The molecule has 1 amide bonds. The lowest BCUT2D eigenvalue weighted by atomic mass is 9.92. The monoisotopic (exact) mass is 284 g/mol. The first kappa shape index (κ1) is 13.9. The first-order valence-electron chi connectivity index (χ1n) is 7.71. The summed E-state index contributed by atoms with van der Waals surface area (Å²) in [7, 11) is 0. The molecule has 2 aliphatic rings. The lowest BCUT2D eigenvalue weighted by molar-refractivity contribution is -0.138. The zero-order valence-corrected chi connectivity index (χ0v) is 12.1. The molecule has 4 nitrogen and oxygen atoms in total. The van der Waals surface area contributed by atoms with Gasteiger partial charge in [-0.2, -0.15) is 5.26 Å². The molecule has 2 fully saturated rings. The van der Waals surface area contributed by atoms with Crippen LogP contribution in [0.4, 0.5) is 0 Å². The number of nitrogens with zero attached hydrogens (tertiary/aromatic N) is 2. The Morgan fingerprint density at radius 2 is 2.10 bits per heavy atom. The van der Waals surface area contributed by atoms with Gasteiger partial charge in [-0.1, -0.05) is 18.6 Å². The molecule has 21 heavy (non-hydrogen) atoms. The number of carbonyl (C=O) groups excluding carboxylic acids is 1. The van der Waals surface area contributed by atoms with Crippen LogP contribution in [0.2, 0.25) is 0 Å². The van der Waals surface area contributed by atoms with E-state index in [1.165, 1.54) is 19.3 Å². The highest BCUT2D eigenvalue weighted by Gasteiger charge is 2.37. The molecule has 0 bridgehead atoms.